The first kappa shape index (κ1) is 20.1. The molecule has 0 aliphatic heterocycles. The van der Waals surface area contributed by atoms with Gasteiger partial charge in [0.25, 0.3) is 0 Å². The van der Waals surface area contributed by atoms with Gasteiger partial charge in [0.05, 0.1) is 0 Å². The van der Waals surface area contributed by atoms with Gasteiger partial charge in [0.2, 0.25) is 5.91 Å². The number of halogens is 1. The Kier molecular flexibility index (Phi) is 8.06. The minimum Gasteiger partial charge on any atom is -0.355 e. The molecule has 1 heterocycles. The maximum absolute atomic E-state index is 12.0. The van der Waals surface area contributed by atoms with Gasteiger partial charge in [0.1, 0.15) is 0 Å². The number of aromatic nitrogens is 2. The third kappa shape index (κ3) is 6.53. The molecule has 1 N–H and O–H groups in total. The quantitative estimate of drug-likeness (QED) is 0.410. The number of aryl methyl sites for hydroxylation is 2. The van der Waals surface area contributed by atoms with E-state index in [4.69, 9.17) is 11.6 Å². The van der Waals surface area contributed by atoms with Crippen LogP contribution in [0.3, 0.4) is 0 Å². The lowest BCUT2D eigenvalue weighted by Crippen LogP contribution is -2.26. The van der Waals surface area contributed by atoms with Crippen molar-refractivity contribution < 1.29 is 4.79 Å². The molecule has 0 fully saturated rings. The normalized spacial score (nSPS) is 10.7. The van der Waals surface area contributed by atoms with Gasteiger partial charge < -0.3 is 5.32 Å². The number of carbonyl (C=O) groups is 1. The number of hydrogen-bond acceptors (Lipinski definition) is 5. The Morgan fingerprint density at radius 2 is 1.80 bits per heavy atom. The fourth-order valence-corrected chi connectivity index (χ4v) is 3.73. The number of hydrogen-bond donors (Lipinski definition) is 1. The van der Waals surface area contributed by atoms with E-state index < -0.39 is 0 Å². The van der Waals surface area contributed by atoms with Gasteiger partial charge in [0, 0.05) is 40.0 Å². The first-order valence-corrected chi connectivity index (χ1v) is 10.6. The van der Waals surface area contributed by atoms with Crippen molar-refractivity contribution in [2.45, 2.75) is 36.7 Å². The zero-order chi connectivity index (χ0) is 18.2. The molecule has 1 aromatic heterocycles. The van der Waals surface area contributed by atoms with Crippen molar-refractivity contribution in [3.63, 3.8) is 0 Å². The minimum absolute atomic E-state index is 0.0597. The number of nitrogens with one attached hydrogen (secondary N) is 1. The fourth-order valence-electron chi connectivity index (χ4n) is 2.38. The summed E-state index contributed by atoms with van der Waals surface area (Å²) in [7, 11) is 0. The largest absolute Gasteiger partial charge is 0.355 e. The van der Waals surface area contributed by atoms with Crippen molar-refractivity contribution in [2.75, 3.05) is 18.6 Å². The number of carbonyl (C=O) groups excluding carboxylic acids is 1. The monoisotopic (exact) mass is 395 g/mol. The molecule has 7 heteroatoms. The van der Waals surface area contributed by atoms with Crippen LogP contribution in [0.2, 0.25) is 5.02 Å². The summed E-state index contributed by atoms with van der Waals surface area (Å²) in [6.45, 7) is 4.60. The van der Waals surface area contributed by atoms with E-state index in [0.717, 1.165) is 37.8 Å². The summed E-state index contributed by atoms with van der Waals surface area (Å²) < 4.78 is 0. The zero-order valence-electron chi connectivity index (χ0n) is 14.6. The van der Waals surface area contributed by atoms with E-state index in [1.807, 2.05) is 44.4 Å². The summed E-state index contributed by atoms with van der Waals surface area (Å²) in [6, 6.07) is 7.71. The first-order chi connectivity index (χ1) is 12.0. The average molecular weight is 396 g/mol. The van der Waals surface area contributed by atoms with Crippen molar-refractivity contribution in [1.29, 1.82) is 0 Å². The predicted molar refractivity (Wildman–Crippen MR) is 107 cm³/mol. The fraction of sp³-hybridized carbons (Fsp3) is 0.389. The summed E-state index contributed by atoms with van der Waals surface area (Å²) in [4.78, 5) is 22.1. The number of amides is 1. The number of thioether (sulfide) groups is 2. The average Bonchev–Trinajstić information content (AvgIpc) is 2.59. The Morgan fingerprint density at radius 1 is 1.16 bits per heavy atom. The standard InChI is InChI=1S/C18H22ClN3OS2/c1-12-16(13(2)22-18(21-12)24-3)8-9-17(23)20-10-11-25-15-6-4-14(19)5-7-15/h4-7H,8-11H2,1-3H3,(H,20,23). The zero-order valence-corrected chi connectivity index (χ0v) is 17.0. The lowest BCUT2D eigenvalue weighted by Gasteiger charge is -2.10. The van der Waals surface area contributed by atoms with Crippen molar-refractivity contribution in [1.82, 2.24) is 15.3 Å². The molecule has 4 nitrogen and oxygen atoms in total. The molecular formula is C18H22ClN3OS2. The molecule has 0 spiro atoms. The van der Waals surface area contributed by atoms with E-state index >= 15 is 0 Å². The van der Waals surface area contributed by atoms with Crippen LogP contribution in [0.25, 0.3) is 0 Å². The highest BCUT2D eigenvalue weighted by atomic mass is 35.5. The molecule has 25 heavy (non-hydrogen) atoms. The second kappa shape index (κ2) is 10.0. The van der Waals surface area contributed by atoms with Crippen LogP contribution in [-0.2, 0) is 11.2 Å². The van der Waals surface area contributed by atoms with Gasteiger partial charge in [-0.25, -0.2) is 9.97 Å². The number of rotatable bonds is 8. The Bertz CT molecular complexity index is 700. The summed E-state index contributed by atoms with van der Waals surface area (Å²) in [5, 5.41) is 4.48. The summed E-state index contributed by atoms with van der Waals surface area (Å²) in [5.41, 5.74) is 2.99. The van der Waals surface area contributed by atoms with E-state index in [1.54, 1.807) is 11.8 Å². The highest BCUT2D eigenvalue weighted by Gasteiger charge is 2.10. The molecule has 0 atom stereocenters. The van der Waals surface area contributed by atoms with Crippen molar-refractivity contribution >= 4 is 41.0 Å². The minimum atomic E-state index is 0.0597. The smallest absolute Gasteiger partial charge is 0.220 e. The molecule has 2 rings (SSSR count). The molecular weight excluding hydrogens is 374 g/mol. The molecule has 0 saturated heterocycles. The summed E-state index contributed by atoms with van der Waals surface area (Å²) in [5.74, 6) is 0.890. The molecule has 0 unspecified atom stereocenters. The third-order valence-electron chi connectivity index (χ3n) is 3.69. The summed E-state index contributed by atoms with van der Waals surface area (Å²) >= 11 is 9.09. The molecule has 1 amide bonds. The third-order valence-corrected chi connectivity index (χ3v) is 5.50. The Hall–Kier alpha value is -1.24. The van der Waals surface area contributed by atoms with E-state index in [9.17, 15) is 4.79 Å². The molecule has 0 radical (unpaired) electrons. The molecule has 0 aliphatic rings. The molecule has 0 bridgehead atoms. The second-order valence-corrected chi connectivity index (χ2v) is 7.89. The van der Waals surface area contributed by atoms with Crippen molar-refractivity contribution in [3.8, 4) is 0 Å². The van der Waals surface area contributed by atoms with Crippen LogP contribution in [0, 0.1) is 13.8 Å². The maximum atomic E-state index is 12.0. The van der Waals surface area contributed by atoms with Crippen LogP contribution in [0.5, 0.6) is 0 Å². The predicted octanol–water partition coefficient (Wildman–Crippen LogP) is 4.31. The van der Waals surface area contributed by atoms with Crippen LogP contribution >= 0.6 is 35.1 Å². The first-order valence-electron chi connectivity index (χ1n) is 8.02. The molecule has 2 aromatic rings. The lowest BCUT2D eigenvalue weighted by atomic mass is 10.1. The summed E-state index contributed by atoms with van der Waals surface area (Å²) in [6.07, 6.45) is 3.08. The van der Waals surface area contributed by atoms with Gasteiger partial charge in [-0.2, -0.15) is 0 Å². The Labute approximate surface area is 162 Å². The van der Waals surface area contributed by atoms with Gasteiger partial charge in [-0.15, -0.1) is 11.8 Å². The van der Waals surface area contributed by atoms with E-state index in [2.05, 4.69) is 15.3 Å². The van der Waals surface area contributed by atoms with Gasteiger partial charge in [-0.3, -0.25) is 4.79 Å². The van der Waals surface area contributed by atoms with Gasteiger partial charge in [0.15, 0.2) is 5.16 Å². The maximum Gasteiger partial charge on any atom is 0.220 e. The van der Waals surface area contributed by atoms with E-state index in [1.165, 1.54) is 11.8 Å². The Balaban J connectivity index is 1.73. The number of benzene rings is 1. The van der Waals surface area contributed by atoms with E-state index in [-0.39, 0.29) is 5.91 Å². The van der Waals surface area contributed by atoms with Crippen LogP contribution in [-0.4, -0.2) is 34.4 Å². The van der Waals surface area contributed by atoms with Gasteiger partial charge in [-0.05, 0) is 56.4 Å². The SMILES string of the molecule is CSc1nc(C)c(CCC(=O)NCCSc2ccc(Cl)cc2)c(C)n1. The topological polar surface area (TPSA) is 54.9 Å². The highest BCUT2D eigenvalue weighted by molar-refractivity contribution is 7.99. The second-order valence-electron chi connectivity index (χ2n) is 5.51. The van der Waals surface area contributed by atoms with Crippen LogP contribution in [0.1, 0.15) is 23.4 Å². The lowest BCUT2D eigenvalue weighted by molar-refractivity contribution is -0.120. The van der Waals surface area contributed by atoms with Gasteiger partial charge in [-0.1, -0.05) is 23.4 Å². The molecule has 1 aromatic carbocycles. The van der Waals surface area contributed by atoms with Crippen LogP contribution in [0.4, 0.5) is 0 Å². The van der Waals surface area contributed by atoms with Crippen molar-refractivity contribution in [2.24, 2.45) is 0 Å². The molecule has 0 aliphatic carbocycles. The number of nitrogens with zero attached hydrogens (tertiary/aromatic N) is 2. The van der Waals surface area contributed by atoms with Crippen LogP contribution in [0.15, 0.2) is 34.3 Å². The van der Waals surface area contributed by atoms with E-state index in [0.29, 0.717) is 19.4 Å². The molecule has 0 saturated carbocycles. The Morgan fingerprint density at radius 3 is 2.40 bits per heavy atom. The molecule has 134 valence electrons. The van der Waals surface area contributed by atoms with Crippen LogP contribution < -0.4 is 5.32 Å². The van der Waals surface area contributed by atoms with Gasteiger partial charge >= 0.3 is 0 Å². The van der Waals surface area contributed by atoms with Crippen molar-refractivity contribution in [3.05, 3.63) is 46.2 Å². The highest BCUT2D eigenvalue weighted by Crippen LogP contribution is 2.20.